The van der Waals surface area contributed by atoms with Crippen molar-refractivity contribution in [3.63, 3.8) is 0 Å². The number of nitrogens with zero attached hydrogens (tertiary/aromatic N) is 1. The fourth-order valence-electron chi connectivity index (χ4n) is 2.05. The van der Waals surface area contributed by atoms with Crippen molar-refractivity contribution >= 4 is 29.4 Å². The van der Waals surface area contributed by atoms with Gasteiger partial charge in [0.2, 0.25) is 5.91 Å². The van der Waals surface area contributed by atoms with Crippen LogP contribution in [0, 0.1) is 11.3 Å². The molecule has 0 saturated carbocycles. The summed E-state index contributed by atoms with van der Waals surface area (Å²) in [7, 11) is 1.52. The number of methoxy groups -OCH3 is 1. The molecule has 0 aliphatic carbocycles. The minimum atomic E-state index is -0.222. The summed E-state index contributed by atoms with van der Waals surface area (Å²) in [5.74, 6) is 0.769. The second-order valence-electron chi connectivity index (χ2n) is 4.91. The third-order valence-corrected chi connectivity index (χ3v) is 4.01. The molecule has 0 aliphatic heterocycles. The van der Waals surface area contributed by atoms with E-state index in [1.54, 1.807) is 36.0 Å². The highest BCUT2D eigenvalue weighted by atomic mass is 32.2. The van der Waals surface area contributed by atoms with Crippen molar-refractivity contribution in [2.45, 2.75) is 4.90 Å². The van der Waals surface area contributed by atoms with Crippen LogP contribution < -0.4 is 14.8 Å². The van der Waals surface area contributed by atoms with E-state index >= 15 is 0 Å². The summed E-state index contributed by atoms with van der Waals surface area (Å²) in [6, 6.07) is 14.8. The second-order valence-corrected chi connectivity index (χ2v) is 5.79. The second kappa shape index (κ2) is 9.40. The first-order valence-electron chi connectivity index (χ1n) is 7.47. The van der Waals surface area contributed by atoms with Crippen LogP contribution in [0.1, 0.15) is 5.56 Å². The fourth-order valence-corrected chi connectivity index (χ4v) is 2.46. The van der Waals surface area contributed by atoms with Crippen LogP contribution in [0.4, 0.5) is 5.69 Å². The number of hydrogen-bond donors (Lipinski definition) is 1. The molecule has 2 aromatic rings. The minimum absolute atomic E-state index is 0.0523. The van der Waals surface area contributed by atoms with Crippen LogP contribution in [-0.2, 0) is 4.79 Å². The van der Waals surface area contributed by atoms with E-state index in [9.17, 15) is 4.79 Å². The van der Waals surface area contributed by atoms with Crippen molar-refractivity contribution in [1.82, 2.24) is 0 Å². The lowest BCUT2D eigenvalue weighted by molar-refractivity contribution is -0.111. The van der Waals surface area contributed by atoms with Crippen LogP contribution in [0.15, 0.2) is 53.4 Å². The van der Waals surface area contributed by atoms with Gasteiger partial charge in [0.15, 0.2) is 18.1 Å². The highest BCUT2D eigenvalue weighted by molar-refractivity contribution is 7.98. The van der Waals surface area contributed by atoms with Gasteiger partial charge in [-0.05, 0) is 54.3 Å². The fraction of sp³-hybridized carbons (Fsp3) is 0.158. The van der Waals surface area contributed by atoms with Gasteiger partial charge < -0.3 is 14.8 Å². The van der Waals surface area contributed by atoms with E-state index in [2.05, 4.69) is 5.32 Å². The van der Waals surface area contributed by atoms with Gasteiger partial charge in [-0.2, -0.15) is 5.26 Å². The van der Waals surface area contributed by atoms with Crippen molar-refractivity contribution in [1.29, 1.82) is 5.26 Å². The number of carbonyl (C=O) groups is 1. The first-order chi connectivity index (χ1) is 12.2. The van der Waals surface area contributed by atoms with Crippen LogP contribution in [0.2, 0.25) is 0 Å². The molecule has 0 radical (unpaired) electrons. The Labute approximate surface area is 151 Å². The first kappa shape index (κ1) is 18.4. The number of amides is 1. The third kappa shape index (κ3) is 5.59. The van der Waals surface area contributed by atoms with Crippen molar-refractivity contribution in [2.24, 2.45) is 0 Å². The molecule has 0 aliphatic rings. The molecule has 1 N–H and O–H groups in total. The minimum Gasteiger partial charge on any atom is -0.493 e. The van der Waals surface area contributed by atoms with Crippen LogP contribution >= 0.6 is 11.8 Å². The molecule has 0 fully saturated rings. The average Bonchev–Trinajstić information content (AvgIpc) is 2.65. The Bertz CT molecular complexity index is 795. The molecule has 0 heterocycles. The Morgan fingerprint density at radius 3 is 2.64 bits per heavy atom. The molecule has 1 amide bonds. The van der Waals surface area contributed by atoms with Gasteiger partial charge in [0, 0.05) is 16.7 Å². The van der Waals surface area contributed by atoms with E-state index in [1.165, 1.54) is 13.2 Å². The number of carbonyl (C=O) groups excluding carboxylic acids is 1. The zero-order chi connectivity index (χ0) is 18.1. The number of nitriles is 1. The van der Waals surface area contributed by atoms with E-state index < -0.39 is 0 Å². The smallest absolute Gasteiger partial charge is 0.248 e. The van der Waals surface area contributed by atoms with E-state index in [1.807, 2.05) is 36.6 Å². The molecule has 0 atom stereocenters. The molecule has 2 rings (SSSR count). The standard InChI is InChI=1S/C19H18N2O3S/c1-23-18-13-14(3-9-17(18)24-12-11-20)4-10-19(22)21-15-5-7-16(25-2)8-6-15/h3-10,13H,12H2,1-2H3,(H,21,22). The summed E-state index contributed by atoms with van der Waals surface area (Å²) in [5.41, 5.74) is 1.53. The van der Waals surface area contributed by atoms with Crippen LogP contribution in [0.3, 0.4) is 0 Å². The SMILES string of the molecule is COc1cc(C=CC(=O)Nc2ccc(SC)cc2)ccc1OCC#N. The normalized spacial score (nSPS) is 10.3. The maximum Gasteiger partial charge on any atom is 0.248 e. The van der Waals surface area contributed by atoms with Crippen LogP contribution in [0.5, 0.6) is 11.5 Å². The molecule has 5 nitrogen and oxygen atoms in total. The third-order valence-electron chi connectivity index (χ3n) is 3.26. The van der Waals surface area contributed by atoms with Gasteiger partial charge in [-0.25, -0.2) is 0 Å². The van der Waals surface area contributed by atoms with Crippen molar-refractivity contribution in [2.75, 3.05) is 25.3 Å². The Kier molecular flexibility index (Phi) is 6.93. The monoisotopic (exact) mass is 354 g/mol. The summed E-state index contributed by atoms with van der Waals surface area (Å²) in [4.78, 5) is 13.1. The maximum atomic E-state index is 12.0. The predicted molar refractivity (Wildman–Crippen MR) is 100.0 cm³/mol. The molecule has 0 spiro atoms. The number of nitrogens with one attached hydrogen (secondary N) is 1. The van der Waals surface area contributed by atoms with Gasteiger partial charge >= 0.3 is 0 Å². The number of rotatable bonds is 7. The quantitative estimate of drug-likeness (QED) is 0.602. The summed E-state index contributed by atoms with van der Waals surface area (Å²) < 4.78 is 10.5. The molecular formula is C19H18N2O3S. The number of hydrogen-bond acceptors (Lipinski definition) is 5. The maximum absolute atomic E-state index is 12.0. The molecule has 128 valence electrons. The number of anilines is 1. The van der Waals surface area contributed by atoms with Gasteiger partial charge in [0.05, 0.1) is 7.11 Å². The van der Waals surface area contributed by atoms with Gasteiger partial charge in [0.1, 0.15) is 6.07 Å². The van der Waals surface area contributed by atoms with Gasteiger partial charge in [-0.15, -0.1) is 11.8 Å². The lowest BCUT2D eigenvalue weighted by Crippen LogP contribution is -2.07. The number of thioether (sulfide) groups is 1. The first-order valence-corrected chi connectivity index (χ1v) is 8.69. The van der Waals surface area contributed by atoms with Gasteiger partial charge in [-0.3, -0.25) is 4.79 Å². The predicted octanol–water partition coefficient (Wildman–Crippen LogP) is 3.97. The molecule has 0 bridgehead atoms. The Hall–Kier alpha value is -2.91. The Morgan fingerprint density at radius 1 is 1.24 bits per heavy atom. The van der Waals surface area contributed by atoms with Crippen molar-refractivity contribution in [3.05, 3.63) is 54.1 Å². The summed E-state index contributed by atoms with van der Waals surface area (Å²) in [5, 5.41) is 11.4. The van der Waals surface area contributed by atoms with Crippen molar-refractivity contribution in [3.8, 4) is 17.6 Å². The van der Waals surface area contributed by atoms with Crippen LogP contribution in [0.25, 0.3) is 6.08 Å². The van der Waals surface area contributed by atoms with E-state index in [0.717, 1.165) is 16.1 Å². The zero-order valence-corrected chi connectivity index (χ0v) is 14.8. The van der Waals surface area contributed by atoms with E-state index in [0.29, 0.717) is 11.5 Å². The summed E-state index contributed by atoms with van der Waals surface area (Å²) >= 11 is 1.65. The molecule has 0 saturated heterocycles. The number of ether oxygens (including phenoxy) is 2. The molecule has 2 aromatic carbocycles. The Balaban J connectivity index is 2.02. The average molecular weight is 354 g/mol. The zero-order valence-electron chi connectivity index (χ0n) is 14.0. The topological polar surface area (TPSA) is 71.3 Å². The Morgan fingerprint density at radius 2 is 2.00 bits per heavy atom. The van der Waals surface area contributed by atoms with E-state index in [4.69, 9.17) is 14.7 Å². The highest BCUT2D eigenvalue weighted by Gasteiger charge is 2.05. The van der Waals surface area contributed by atoms with Gasteiger partial charge in [0.25, 0.3) is 0 Å². The lowest BCUT2D eigenvalue weighted by atomic mass is 10.2. The molecule has 25 heavy (non-hydrogen) atoms. The molecular weight excluding hydrogens is 336 g/mol. The highest BCUT2D eigenvalue weighted by Crippen LogP contribution is 2.28. The molecule has 0 unspecified atom stereocenters. The largest absolute Gasteiger partial charge is 0.493 e. The van der Waals surface area contributed by atoms with Crippen LogP contribution in [-0.4, -0.2) is 25.9 Å². The van der Waals surface area contributed by atoms with Crippen molar-refractivity contribution < 1.29 is 14.3 Å². The van der Waals surface area contributed by atoms with Gasteiger partial charge in [-0.1, -0.05) is 6.07 Å². The van der Waals surface area contributed by atoms with E-state index in [-0.39, 0.29) is 12.5 Å². The summed E-state index contributed by atoms with van der Waals surface area (Å²) in [6.07, 6.45) is 5.14. The summed E-state index contributed by atoms with van der Waals surface area (Å²) in [6.45, 7) is -0.0523. The molecule has 6 heteroatoms. The lowest BCUT2D eigenvalue weighted by Gasteiger charge is -2.08. The number of benzene rings is 2. The molecule has 0 aromatic heterocycles.